The fourth-order valence-corrected chi connectivity index (χ4v) is 2.50. The second kappa shape index (κ2) is 7.91. The van der Waals surface area contributed by atoms with Crippen LogP contribution in [0.5, 0.6) is 0 Å². The first-order chi connectivity index (χ1) is 10.6. The van der Waals surface area contributed by atoms with Crippen LogP contribution in [0.2, 0.25) is 0 Å². The third-order valence-electron chi connectivity index (χ3n) is 3.70. The number of nitrogens with one attached hydrogen (secondary N) is 1. The van der Waals surface area contributed by atoms with Crippen molar-refractivity contribution >= 4 is 17.5 Å². The van der Waals surface area contributed by atoms with Crippen LogP contribution >= 0.6 is 0 Å². The van der Waals surface area contributed by atoms with Crippen molar-refractivity contribution in [2.24, 2.45) is 5.73 Å². The van der Waals surface area contributed by atoms with Crippen molar-refractivity contribution in [3.8, 4) is 0 Å². The third kappa shape index (κ3) is 4.29. The minimum absolute atomic E-state index is 0.0111. The molecule has 2 amide bonds. The number of anilines is 1. The van der Waals surface area contributed by atoms with Crippen LogP contribution < -0.4 is 11.1 Å². The number of ether oxygens (including phenoxy) is 1. The molecule has 6 heteroatoms. The van der Waals surface area contributed by atoms with E-state index in [9.17, 15) is 9.59 Å². The summed E-state index contributed by atoms with van der Waals surface area (Å²) in [7, 11) is 1.49. The predicted molar refractivity (Wildman–Crippen MR) is 84.7 cm³/mol. The third-order valence-corrected chi connectivity index (χ3v) is 3.70. The maximum atomic E-state index is 12.4. The fourth-order valence-electron chi connectivity index (χ4n) is 2.50. The van der Waals surface area contributed by atoms with E-state index in [-0.39, 0.29) is 18.4 Å². The topological polar surface area (TPSA) is 84.7 Å². The lowest BCUT2D eigenvalue weighted by atomic mass is 10.1. The Bertz CT molecular complexity index is 527. The normalized spacial score (nSPS) is 16.2. The van der Waals surface area contributed by atoms with Crippen molar-refractivity contribution < 1.29 is 14.3 Å². The second-order valence-corrected chi connectivity index (χ2v) is 5.48. The molecule has 22 heavy (non-hydrogen) atoms. The minimum atomic E-state index is -0.730. The highest BCUT2D eigenvalue weighted by atomic mass is 16.5. The Morgan fingerprint density at radius 2 is 2.05 bits per heavy atom. The largest absolute Gasteiger partial charge is 0.383 e. The number of rotatable bonds is 5. The van der Waals surface area contributed by atoms with Crippen molar-refractivity contribution in [2.75, 3.05) is 32.1 Å². The van der Waals surface area contributed by atoms with E-state index < -0.39 is 6.04 Å². The summed E-state index contributed by atoms with van der Waals surface area (Å²) in [5.74, 6) is -0.318. The van der Waals surface area contributed by atoms with Crippen LogP contribution in [0.3, 0.4) is 0 Å². The van der Waals surface area contributed by atoms with Gasteiger partial charge in [-0.1, -0.05) is 6.07 Å². The molecule has 2 rings (SSSR count). The van der Waals surface area contributed by atoms with Gasteiger partial charge in [-0.3, -0.25) is 9.59 Å². The summed E-state index contributed by atoms with van der Waals surface area (Å²) in [6.45, 7) is 1.75. The van der Waals surface area contributed by atoms with Crippen molar-refractivity contribution in [1.82, 2.24) is 4.90 Å². The standard InChI is InChI=1S/C16H23N3O3/c1-22-11-14(17)15(20)18-13-7-5-6-12(10-13)16(21)19-8-3-2-4-9-19/h5-7,10,14H,2-4,8-9,11,17H2,1H3,(H,18,20). The summed E-state index contributed by atoms with van der Waals surface area (Å²) in [6, 6.07) is 6.22. The Morgan fingerprint density at radius 3 is 2.73 bits per heavy atom. The number of carbonyl (C=O) groups excluding carboxylic acids is 2. The smallest absolute Gasteiger partial charge is 0.253 e. The molecule has 6 nitrogen and oxygen atoms in total. The number of benzene rings is 1. The number of nitrogens with zero attached hydrogens (tertiary/aromatic N) is 1. The van der Waals surface area contributed by atoms with Crippen LogP contribution in [0.4, 0.5) is 5.69 Å². The molecule has 1 aliphatic rings. The highest BCUT2D eigenvalue weighted by Crippen LogP contribution is 2.16. The second-order valence-electron chi connectivity index (χ2n) is 5.48. The zero-order valence-corrected chi connectivity index (χ0v) is 12.9. The molecule has 1 saturated heterocycles. The van der Waals surface area contributed by atoms with E-state index in [4.69, 9.17) is 10.5 Å². The van der Waals surface area contributed by atoms with Gasteiger partial charge in [0.25, 0.3) is 5.91 Å². The van der Waals surface area contributed by atoms with Gasteiger partial charge in [-0.05, 0) is 37.5 Å². The summed E-state index contributed by atoms with van der Waals surface area (Å²) in [4.78, 5) is 26.2. The zero-order chi connectivity index (χ0) is 15.9. The molecule has 1 atom stereocenters. The van der Waals surface area contributed by atoms with E-state index in [1.165, 1.54) is 13.5 Å². The first-order valence-corrected chi connectivity index (χ1v) is 7.56. The summed E-state index contributed by atoms with van der Waals surface area (Å²) in [5.41, 5.74) is 6.83. The first kappa shape index (κ1) is 16.5. The molecule has 1 heterocycles. The van der Waals surface area contributed by atoms with E-state index >= 15 is 0 Å². The van der Waals surface area contributed by atoms with Gasteiger partial charge in [0.05, 0.1) is 6.61 Å². The highest BCUT2D eigenvalue weighted by Gasteiger charge is 2.19. The maximum Gasteiger partial charge on any atom is 0.253 e. The molecule has 0 aromatic heterocycles. The first-order valence-electron chi connectivity index (χ1n) is 7.56. The molecule has 1 unspecified atom stereocenters. The van der Waals surface area contributed by atoms with Gasteiger partial charge in [0.2, 0.25) is 5.91 Å². The number of nitrogens with two attached hydrogens (primary N) is 1. The number of piperidine rings is 1. The molecule has 0 aliphatic carbocycles. The average Bonchev–Trinajstić information content (AvgIpc) is 2.55. The molecule has 1 fully saturated rings. The van der Waals surface area contributed by atoms with Gasteiger partial charge in [0.1, 0.15) is 6.04 Å². The van der Waals surface area contributed by atoms with Crippen molar-refractivity contribution in [3.05, 3.63) is 29.8 Å². The van der Waals surface area contributed by atoms with Gasteiger partial charge in [-0.2, -0.15) is 0 Å². The lowest BCUT2D eigenvalue weighted by molar-refractivity contribution is -0.118. The van der Waals surface area contributed by atoms with Crippen molar-refractivity contribution in [1.29, 1.82) is 0 Å². The number of hydrogen-bond donors (Lipinski definition) is 2. The molecule has 0 radical (unpaired) electrons. The van der Waals surface area contributed by atoms with E-state index in [0.717, 1.165) is 25.9 Å². The van der Waals surface area contributed by atoms with Crippen LogP contribution in [-0.2, 0) is 9.53 Å². The quantitative estimate of drug-likeness (QED) is 0.857. The Labute approximate surface area is 130 Å². The SMILES string of the molecule is COCC(N)C(=O)Nc1cccc(C(=O)N2CCCCC2)c1. The summed E-state index contributed by atoms with van der Waals surface area (Å²) >= 11 is 0. The number of carbonyl (C=O) groups is 2. The average molecular weight is 305 g/mol. The van der Waals surface area contributed by atoms with Gasteiger partial charge in [0, 0.05) is 31.5 Å². The van der Waals surface area contributed by atoms with E-state index in [2.05, 4.69) is 5.32 Å². The van der Waals surface area contributed by atoms with Crippen LogP contribution in [0.1, 0.15) is 29.6 Å². The molecule has 0 bridgehead atoms. The van der Waals surface area contributed by atoms with Gasteiger partial charge in [-0.15, -0.1) is 0 Å². The Morgan fingerprint density at radius 1 is 1.32 bits per heavy atom. The summed E-state index contributed by atoms with van der Waals surface area (Å²) < 4.78 is 4.86. The monoisotopic (exact) mass is 305 g/mol. The van der Waals surface area contributed by atoms with Crippen LogP contribution in [0.25, 0.3) is 0 Å². The Hall–Kier alpha value is -1.92. The molecular weight excluding hydrogens is 282 g/mol. The number of hydrogen-bond acceptors (Lipinski definition) is 4. The van der Waals surface area contributed by atoms with Gasteiger partial charge in [0.15, 0.2) is 0 Å². The van der Waals surface area contributed by atoms with Crippen LogP contribution in [0.15, 0.2) is 24.3 Å². The van der Waals surface area contributed by atoms with Crippen LogP contribution in [-0.4, -0.2) is 49.6 Å². The lowest BCUT2D eigenvalue weighted by Crippen LogP contribution is -2.39. The molecule has 120 valence electrons. The van der Waals surface area contributed by atoms with E-state index in [0.29, 0.717) is 11.3 Å². The lowest BCUT2D eigenvalue weighted by Gasteiger charge is -2.26. The van der Waals surface area contributed by atoms with E-state index in [1.807, 2.05) is 4.90 Å². The molecule has 1 aliphatic heterocycles. The predicted octanol–water partition coefficient (Wildman–Crippen LogP) is 1.22. The van der Waals surface area contributed by atoms with E-state index in [1.54, 1.807) is 24.3 Å². The Kier molecular flexibility index (Phi) is 5.91. The molecule has 1 aromatic carbocycles. The summed E-state index contributed by atoms with van der Waals surface area (Å²) in [6.07, 6.45) is 3.28. The maximum absolute atomic E-state index is 12.4. The molecular formula is C16H23N3O3. The number of likely N-dealkylation sites (tertiary alicyclic amines) is 1. The summed E-state index contributed by atoms with van der Waals surface area (Å²) in [5, 5.41) is 2.71. The minimum Gasteiger partial charge on any atom is -0.383 e. The number of amides is 2. The molecule has 1 aromatic rings. The van der Waals surface area contributed by atoms with Gasteiger partial charge >= 0.3 is 0 Å². The van der Waals surface area contributed by atoms with Crippen LogP contribution in [0, 0.1) is 0 Å². The van der Waals surface area contributed by atoms with Gasteiger partial charge < -0.3 is 20.7 Å². The highest BCUT2D eigenvalue weighted by molar-refractivity contribution is 5.98. The molecule has 3 N–H and O–H groups in total. The molecule has 0 spiro atoms. The van der Waals surface area contributed by atoms with Crippen molar-refractivity contribution in [2.45, 2.75) is 25.3 Å². The van der Waals surface area contributed by atoms with Gasteiger partial charge in [-0.25, -0.2) is 0 Å². The zero-order valence-electron chi connectivity index (χ0n) is 12.9. The number of methoxy groups -OCH3 is 1. The molecule has 0 saturated carbocycles. The fraction of sp³-hybridized carbons (Fsp3) is 0.500. The Balaban J connectivity index is 2.03. The van der Waals surface area contributed by atoms with Crippen molar-refractivity contribution in [3.63, 3.8) is 0 Å².